The van der Waals surface area contributed by atoms with Crippen LogP contribution in [0.15, 0.2) is 42.5 Å². The number of ether oxygens (including phenoxy) is 2. The minimum absolute atomic E-state index is 0.00978. The lowest BCUT2D eigenvalue weighted by atomic mass is 9.68. The number of nitrogens with zero attached hydrogens (tertiary/aromatic N) is 1. The zero-order valence-corrected chi connectivity index (χ0v) is 22.1. The highest BCUT2D eigenvalue weighted by molar-refractivity contribution is 5.75. The Morgan fingerprint density at radius 3 is 2.76 bits per heavy atom. The summed E-state index contributed by atoms with van der Waals surface area (Å²) in [6.07, 6.45) is 4.84. The lowest BCUT2D eigenvalue weighted by Crippen LogP contribution is -2.40. The Kier molecular flexibility index (Phi) is 9.44. The first-order chi connectivity index (χ1) is 18.3. The molecule has 0 bridgehead atoms. The van der Waals surface area contributed by atoms with Gasteiger partial charge in [0.05, 0.1) is 18.8 Å². The van der Waals surface area contributed by atoms with Gasteiger partial charge in [0.1, 0.15) is 11.5 Å². The van der Waals surface area contributed by atoms with Gasteiger partial charge in [-0.2, -0.15) is 0 Å². The van der Waals surface area contributed by atoms with Crippen molar-refractivity contribution < 1.29 is 29.3 Å². The van der Waals surface area contributed by atoms with E-state index in [0.29, 0.717) is 23.8 Å². The van der Waals surface area contributed by atoms with Gasteiger partial charge >= 0.3 is 5.97 Å². The Bertz CT molecular complexity index is 1090. The van der Waals surface area contributed by atoms with Crippen molar-refractivity contribution in [2.75, 3.05) is 11.9 Å². The maximum atomic E-state index is 12.7. The minimum atomic E-state index is -0.870. The van der Waals surface area contributed by atoms with E-state index in [4.69, 9.17) is 9.47 Å². The fourth-order valence-electron chi connectivity index (χ4n) is 5.77. The second-order valence-electron chi connectivity index (χ2n) is 10.5. The van der Waals surface area contributed by atoms with E-state index in [1.807, 2.05) is 31.2 Å². The highest BCUT2D eigenvalue weighted by Gasteiger charge is 2.41. The van der Waals surface area contributed by atoms with E-state index < -0.39 is 17.2 Å². The number of aliphatic hydroxyl groups excluding tert-OH is 1. The fraction of sp³-hybridized carbons (Fsp3) is 0.552. The molecule has 2 aromatic carbocycles. The molecule has 0 saturated heterocycles. The van der Waals surface area contributed by atoms with E-state index in [1.165, 1.54) is 5.56 Å². The van der Waals surface area contributed by atoms with Gasteiger partial charge in [-0.25, -0.2) is 0 Å². The van der Waals surface area contributed by atoms with E-state index in [9.17, 15) is 20.0 Å². The van der Waals surface area contributed by atoms with Crippen LogP contribution in [0.5, 0.6) is 11.5 Å². The highest BCUT2D eigenvalue weighted by atomic mass is 16.9. The Labute approximate surface area is 223 Å². The number of hydrogen-bond acceptors (Lipinski definition) is 8. The standard InChI is InChI=1S/C29H38N2O7/c1-19(8-6-11-21-9-4-3-5-10-21)37-23-17-26-29(25-16-22(32)13-14-24(25)20(2)30-26)27(18-23)38-28(33)12-7-15-36-31(34)35/h3-5,9-10,17-20,22,24-25,30,32H,6-8,11-16H2,1-2H3. The first-order valence-electron chi connectivity index (χ1n) is 13.6. The average molecular weight is 527 g/mol. The van der Waals surface area contributed by atoms with Crippen LogP contribution in [0.25, 0.3) is 0 Å². The second-order valence-corrected chi connectivity index (χ2v) is 10.5. The Morgan fingerprint density at radius 2 is 2.00 bits per heavy atom. The summed E-state index contributed by atoms with van der Waals surface area (Å²) in [5.74, 6) is 0.935. The summed E-state index contributed by atoms with van der Waals surface area (Å²) in [4.78, 5) is 27.4. The summed E-state index contributed by atoms with van der Waals surface area (Å²) in [6, 6.07) is 14.3. The molecule has 0 amide bonds. The SMILES string of the molecule is CC(CCCc1ccccc1)Oc1cc2c(c(OC(=O)CCCO[N+](=O)[O-])c1)C1CC(O)CCC1C(C)N2. The average Bonchev–Trinajstić information content (AvgIpc) is 2.87. The fourth-order valence-corrected chi connectivity index (χ4v) is 5.77. The molecule has 5 atom stereocenters. The van der Waals surface area contributed by atoms with Gasteiger partial charge in [0.15, 0.2) is 0 Å². The minimum Gasteiger partial charge on any atom is -0.491 e. The third-order valence-corrected chi connectivity index (χ3v) is 7.59. The number of hydrogen-bond donors (Lipinski definition) is 2. The Morgan fingerprint density at radius 1 is 1.21 bits per heavy atom. The van der Waals surface area contributed by atoms with E-state index in [-0.39, 0.29) is 37.5 Å². The number of esters is 1. The topological polar surface area (TPSA) is 120 Å². The molecule has 9 nitrogen and oxygen atoms in total. The van der Waals surface area contributed by atoms with Crippen molar-refractivity contribution in [3.63, 3.8) is 0 Å². The maximum Gasteiger partial charge on any atom is 0.311 e. The summed E-state index contributed by atoms with van der Waals surface area (Å²) >= 11 is 0. The first kappa shape index (κ1) is 27.7. The number of rotatable bonds is 12. The quantitative estimate of drug-likeness (QED) is 0.124. The van der Waals surface area contributed by atoms with Gasteiger partial charge in [0.2, 0.25) is 0 Å². The second kappa shape index (κ2) is 13.0. The molecule has 206 valence electrons. The molecule has 5 unspecified atom stereocenters. The van der Waals surface area contributed by atoms with Crippen LogP contribution in [-0.2, 0) is 16.1 Å². The number of carbonyl (C=O) groups excluding carboxylic acids is 1. The van der Waals surface area contributed by atoms with Crippen LogP contribution in [0.3, 0.4) is 0 Å². The third kappa shape index (κ3) is 7.37. The van der Waals surface area contributed by atoms with Gasteiger partial charge in [-0.15, -0.1) is 10.1 Å². The number of carbonyl (C=O) groups is 1. The molecule has 1 fully saturated rings. The number of benzene rings is 2. The van der Waals surface area contributed by atoms with E-state index in [0.717, 1.165) is 43.4 Å². The highest BCUT2D eigenvalue weighted by Crippen LogP contribution is 2.51. The molecule has 4 rings (SSSR count). The summed E-state index contributed by atoms with van der Waals surface area (Å²) < 4.78 is 12.1. The van der Waals surface area contributed by atoms with Crippen LogP contribution in [0.1, 0.15) is 75.8 Å². The normalized spacial score (nSPS) is 22.8. The van der Waals surface area contributed by atoms with Crippen LogP contribution in [0.2, 0.25) is 0 Å². The smallest absolute Gasteiger partial charge is 0.311 e. The van der Waals surface area contributed by atoms with Crippen molar-refractivity contribution in [1.29, 1.82) is 0 Å². The van der Waals surface area contributed by atoms with E-state index in [2.05, 4.69) is 29.2 Å². The van der Waals surface area contributed by atoms with Gasteiger partial charge in [-0.05, 0) is 76.2 Å². The molecule has 1 saturated carbocycles. The molecule has 2 aliphatic rings. The molecular formula is C29H38N2O7. The third-order valence-electron chi connectivity index (χ3n) is 7.59. The van der Waals surface area contributed by atoms with Gasteiger partial charge in [0, 0.05) is 35.8 Å². The summed E-state index contributed by atoms with van der Waals surface area (Å²) in [5, 5.41) is 23.5. The monoisotopic (exact) mass is 526 g/mol. The molecule has 0 radical (unpaired) electrons. The lowest BCUT2D eigenvalue weighted by molar-refractivity contribution is -0.757. The van der Waals surface area contributed by atoms with Crippen LogP contribution in [0, 0.1) is 16.0 Å². The molecule has 2 N–H and O–H groups in total. The Balaban J connectivity index is 1.49. The summed E-state index contributed by atoms with van der Waals surface area (Å²) in [6.45, 7) is 4.02. The predicted octanol–water partition coefficient (Wildman–Crippen LogP) is 5.43. The van der Waals surface area contributed by atoms with Gasteiger partial charge in [-0.1, -0.05) is 30.3 Å². The lowest BCUT2D eigenvalue weighted by Gasteiger charge is -2.44. The largest absolute Gasteiger partial charge is 0.491 e. The molecule has 2 aromatic rings. The molecular weight excluding hydrogens is 488 g/mol. The molecule has 9 heteroatoms. The maximum absolute atomic E-state index is 12.7. The van der Waals surface area contributed by atoms with Crippen molar-refractivity contribution in [2.24, 2.45) is 5.92 Å². The van der Waals surface area contributed by atoms with Crippen molar-refractivity contribution in [1.82, 2.24) is 0 Å². The van der Waals surface area contributed by atoms with Crippen molar-refractivity contribution in [3.8, 4) is 11.5 Å². The number of aryl methyl sites for hydroxylation is 1. The molecule has 38 heavy (non-hydrogen) atoms. The molecule has 1 aliphatic carbocycles. The zero-order chi connectivity index (χ0) is 27.1. The van der Waals surface area contributed by atoms with E-state index >= 15 is 0 Å². The molecule has 0 spiro atoms. The molecule has 1 heterocycles. The van der Waals surface area contributed by atoms with Gasteiger partial charge < -0.3 is 24.7 Å². The van der Waals surface area contributed by atoms with Crippen LogP contribution >= 0.6 is 0 Å². The van der Waals surface area contributed by atoms with E-state index in [1.54, 1.807) is 6.07 Å². The molecule has 1 aliphatic heterocycles. The van der Waals surface area contributed by atoms with Gasteiger partial charge in [-0.3, -0.25) is 4.79 Å². The number of fused-ring (bicyclic) bond motifs is 3. The van der Waals surface area contributed by atoms with Crippen LogP contribution in [0.4, 0.5) is 5.69 Å². The predicted molar refractivity (Wildman–Crippen MR) is 143 cm³/mol. The van der Waals surface area contributed by atoms with Crippen LogP contribution in [-0.4, -0.2) is 41.0 Å². The molecule has 0 aromatic heterocycles. The van der Waals surface area contributed by atoms with Crippen molar-refractivity contribution in [3.05, 3.63) is 63.7 Å². The first-order valence-corrected chi connectivity index (χ1v) is 13.6. The Hall–Kier alpha value is -3.33. The van der Waals surface area contributed by atoms with Crippen molar-refractivity contribution >= 4 is 11.7 Å². The van der Waals surface area contributed by atoms with Crippen LogP contribution < -0.4 is 14.8 Å². The summed E-state index contributed by atoms with van der Waals surface area (Å²) in [7, 11) is 0. The number of anilines is 1. The number of nitrogens with one attached hydrogen (secondary N) is 1. The summed E-state index contributed by atoms with van der Waals surface area (Å²) in [5.41, 5.74) is 3.06. The van der Waals surface area contributed by atoms with Crippen molar-refractivity contribution in [2.45, 2.75) is 89.4 Å². The van der Waals surface area contributed by atoms with Gasteiger partial charge in [0.25, 0.3) is 5.09 Å². The zero-order valence-electron chi connectivity index (χ0n) is 22.1. The number of aliphatic hydroxyl groups is 1.